The molecular formula is C14H31N3O2S2. The van der Waals surface area contributed by atoms with Crippen LogP contribution in [0.5, 0.6) is 0 Å². The number of hydrogen-bond acceptors (Lipinski definition) is 4. The van der Waals surface area contributed by atoms with Crippen LogP contribution in [0.2, 0.25) is 0 Å². The zero-order valence-corrected chi connectivity index (χ0v) is 15.1. The van der Waals surface area contributed by atoms with Crippen LogP contribution >= 0.6 is 11.8 Å². The molecule has 0 aromatic rings. The first-order valence-electron chi connectivity index (χ1n) is 8.08. The van der Waals surface area contributed by atoms with Crippen molar-refractivity contribution in [3.8, 4) is 0 Å². The fourth-order valence-corrected chi connectivity index (χ4v) is 4.60. The monoisotopic (exact) mass is 337 g/mol. The number of nitrogens with zero attached hydrogens (tertiary/aromatic N) is 1. The molecule has 2 N–H and O–H groups in total. The van der Waals surface area contributed by atoms with E-state index in [4.69, 9.17) is 0 Å². The predicted octanol–water partition coefficient (Wildman–Crippen LogP) is 1.82. The van der Waals surface area contributed by atoms with E-state index in [1.165, 1.54) is 0 Å². The lowest BCUT2D eigenvalue weighted by molar-refractivity contribution is 0.243. The molecule has 0 saturated carbocycles. The van der Waals surface area contributed by atoms with Gasteiger partial charge in [0.25, 0.3) is 10.2 Å². The summed E-state index contributed by atoms with van der Waals surface area (Å²) in [6, 6.07) is 0.106. The number of hydrogen-bond donors (Lipinski definition) is 2. The molecule has 1 aliphatic rings. The lowest BCUT2D eigenvalue weighted by Gasteiger charge is -2.34. The summed E-state index contributed by atoms with van der Waals surface area (Å²) in [6.07, 6.45) is 8.18. The van der Waals surface area contributed by atoms with E-state index in [2.05, 4.69) is 23.2 Å². The van der Waals surface area contributed by atoms with Crippen LogP contribution < -0.4 is 10.0 Å². The quantitative estimate of drug-likeness (QED) is 0.565. The molecule has 0 aromatic heterocycles. The minimum absolute atomic E-state index is 0.106. The molecule has 0 radical (unpaired) electrons. The van der Waals surface area contributed by atoms with Gasteiger partial charge in [-0.15, -0.1) is 0 Å². The Hall–Kier alpha value is 0.180. The summed E-state index contributed by atoms with van der Waals surface area (Å²) in [4.78, 5) is 0. The fraction of sp³-hybridized carbons (Fsp3) is 1.00. The average molecular weight is 338 g/mol. The van der Waals surface area contributed by atoms with Gasteiger partial charge in [0, 0.05) is 25.7 Å². The van der Waals surface area contributed by atoms with Gasteiger partial charge in [0.15, 0.2) is 0 Å². The lowest BCUT2D eigenvalue weighted by atomic mass is 10.1. The van der Waals surface area contributed by atoms with Crippen LogP contribution in [0.1, 0.15) is 45.4 Å². The number of piperidine rings is 1. The molecule has 1 aliphatic heterocycles. The minimum atomic E-state index is -3.32. The van der Waals surface area contributed by atoms with Gasteiger partial charge < -0.3 is 5.32 Å². The number of rotatable bonds is 11. The highest BCUT2D eigenvalue weighted by atomic mass is 32.2. The Bertz CT molecular complexity index is 363. The van der Waals surface area contributed by atoms with Crippen molar-refractivity contribution in [2.75, 3.05) is 38.2 Å². The Labute approximate surface area is 134 Å². The third-order valence-corrected chi connectivity index (χ3v) is 6.11. The third-order valence-electron chi connectivity index (χ3n) is 3.75. The van der Waals surface area contributed by atoms with Crippen molar-refractivity contribution >= 4 is 22.0 Å². The number of nitrogens with one attached hydrogen (secondary N) is 2. The second-order valence-corrected chi connectivity index (χ2v) is 8.26. The van der Waals surface area contributed by atoms with Crippen molar-refractivity contribution < 1.29 is 8.42 Å². The SMILES string of the molecule is CCCNCC1CCCCN1S(=O)(=O)NCCCCSC. The molecule has 1 saturated heterocycles. The molecule has 0 amide bonds. The summed E-state index contributed by atoms with van der Waals surface area (Å²) in [5, 5.41) is 3.35. The minimum Gasteiger partial charge on any atom is -0.315 e. The molecule has 0 aromatic carbocycles. The second kappa shape index (κ2) is 10.8. The van der Waals surface area contributed by atoms with E-state index in [1.54, 1.807) is 16.1 Å². The molecule has 1 unspecified atom stereocenters. The highest BCUT2D eigenvalue weighted by molar-refractivity contribution is 7.98. The topological polar surface area (TPSA) is 61.4 Å². The first kappa shape index (κ1) is 19.2. The molecular weight excluding hydrogens is 306 g/mol. The summed E-state index contributed by atoms with van der Waals surface area (Å²) in [5.74, 6) is 1.09. The standard InChI is InChI=1S/C14H31N3O2S2/c1-3-9-15-13-14-8-4-6-11-17(14)21(18,19)16-10-5-7-12-20-2/h14-16H,3-13H2,1-2H3. The van der Waals surface area contributed by atoms with Crippen LogP contribution in [0.3, 0.4) is 0 Å². The van der Waals surface area contributed by atoms with E-state index in [0.29, 0.717) is 13.1 Å². The van der Waals surface area contributed by atoms with Gasteiger partial charge in [0.1, 0.15) is 0 Å². The normalized spacial score (nSPS) is 20.8. The van der Waals surface area contributed by atoms with Gasteiger partial charge in [0.05, 0.1) is 0 Å². The number of thioether (sulfide) groups is 1. The highest BCUT2D eigenvalue weighted by Gasteiger charge is 2.31. The smallest absolute Gasteiger partial charge is 0.279 e. The van der Waals surface area contributed by atoms with Crippen LogP contribution in [0.25, 0.3) is 0 Å². The van der Waals surface area contributed by atoms with Crippen LogP contribution in [0.4, 0.5) is 0 Å². The maximum absolute atomic E-state index is 12.4. The van der Waals surface area contributed by atoms with Crippen LogP contribution in [-0.2, 0) is 10.2 Å². The summed E-state index contributed by atoms with van der Waals surface area (Å²) in [7, 11) is -3.32. The zero-order valence-electron chi connectivity index (χ0n) is 13.4. The summed E-state index contributed by atoms with van der Waals surface area (Å²) >= 11 is 1.80. The average Bonchev–Trinajstić information content (AvgIpc) is 2.48. The van der Waals surface area contributed by atoms with E-state index in [9.17, 15) is 8.42 Å². The van der Waals surface area contributed by atoms with Gasteiger partial charge in [-0.05, 0) is 50.7 Å². The first-order chi connectivity index (χ1) is 10.1. The Morgan fingerprint density at radius 1 is 1.24 bits per heavy atom. The first-order valence-corrected chi connectivity index (χ1v) is 10.9. The lowest BCUT2D eigenvalue weighted by Crippen LogP contribution is -2.52. The molecule has 1 fully saturated rings. The summed E-state index contributed by atoms with van der Waals surface area (Å²) in [6.45, 7) is 5.04. The highest BCUT2D eigenvalue weighted by Crippen LogP contribution is 2.19. The van der Waals surface area contributed by atoms with E-state index in [1.807, 2.05) is 0 Å². The molecule has 5 nitrogen and oxygen atoms in total. The Morgan fingerprint density at radius 3 is 2.76 bits per heavy atom. The fourth-order valence-electron chi connectivity index (χ4n) is 2.60. The van der Waals surface area contributed by atoms with Gasteiger partial charge >= 0.3 is 0 Å². The Morgan fingerprint density at radius 2 is 2.05 bits per heavy atom. The molecule has 1 atom stereocenters. The third kappa shape index (κ3) is 7.32. The van der Waals surface area contributed by atoms with Gasteiger partial charge in [-0.2, -0.15) is 24.5 Å². The van der Waals surface area contributed by atoms with Crippen LogP contribution in [-0.4, -0.2) is 57.0 Å². The van der Waals surface area contributed by atoms with E-state index >= 15 is 0 Å². The van der Waals surface area contributed by atoms with Crippen molar-refractivity contribution in [1.82, 2.24) is 14.3 Å². The van der Waals surface area contributed by atoms with Gasteiger partial charge in [-0.3, -0.25) is 0 Å². The molecule has 7 heteroatoms. The van der Waals surface area contributed by atoms with Crippen molar-refractivity contribution in [3.63, 3.8) is 0 Å². The summed E-state index contributed by atoms with van der Waals surface area (Å²) < 4.78 is 29.3. The molecule has 1 rings (SSSR count). The van der Waals surface area contributed by atoms with Crippen LogP contribution in [0.15, 0.2) is 0 Å². The number of unbranched alkanes of at least 4 members (excludes halogenated alkanes) is 1. The van der Waals surface area contributed by atoms with E-state index in [-0.39, 0.29) is 6.04 Å². The zero-order chi connectivity index (χ0) is 15.6. The molecule has 0 spiro atoms. The van der Waals surface area contributed by atoms with Gasteiger partial charge in [0.2, 0.25) is 0 Å². The second-order valence-electron chi connectivity index (χ2n) is 5.56. The van der Waals surface area contributed by atoms with E-state index < -0.39 is 10.2 Å². The molecule has 0 bridgehead atoms. The summed E-state index contributed by atoms with van der Waals surface area (Å²) in [5.41, 5.74) is 0. The van der Waals surface area contributed by atoms with Crippen molar-refractivity contribution in [2.24, 2.45) is 0 Å². The van der Waals surface area contributed by atoms with Crippen molar-refractivity contribution in [3.05, 3.63) is 0 Å². The largest absolute Gasteiger partial charge is 0.315 e. The van der Waals surface area contributed by atoms with Crippen molar-refractivity contribution in [1.29, 1.82) is 0 Å². The predicted molar refractivity (Wildman–Crippen MR) is 92.0 cm³/mol. The Balaban J connectivity index is 2.44. The maximum atomic E-state index is 12.4. The molecule has 1 heterocycles. The van der Waals surface area contributed by atoms with Crippen molar-refractivity contribution in [2.45, 2.75) is 51.5 Å². The molecule has 21 heavy (non-hydrogen) atoms. The van der Waals surface area contributed by atoms with Crippen LogP contribution in [0, 0.1) is 0 Å². The molecule has 126 valence electrons. The maximum Gasteiger partial charge on any atom is 0.279 e. The molecule has 0 aliphatic carbocycles. The van der Waals surface area contributed by atoms with Gasteiger partial charge in [-0.1, -0.05) is 13.3 Å². The Kier molecular flexibility index (Phi) is 9.92. The van der Waals surface area contributed by atoms with Gasteiger partial charge in [-0.25, -0.2) is 4.72 Å². The van der Waals surface area contributed by atoms with E-state index in [0.717, 1.165) is 57.4 Å².